The zero-order chi connectivity index (χ0) is 30.3. The summed E-state index contributed by atoms with van der Waals surface area (Å²) in [4.78, 5) is 26.7. The minimum absolute atomic E-state index is 0.0440. The largest absolute Gasteiger partial charge is 0.378 e. The van der Waals surface area contributed by atoms with Gasteiger partial charge in [0.05, 0.1) is 18.9 Å². The van der Waals surface area contributed by atoms with Gasteiger partial charge in [0.2, 0.25) is 5.95 Å². The summed E-state index contributed by atoms with van der Waals surface area (Å²) in [5.41, 5.74) is 7.80. The van der Waals surface area contributed by atoms with Crippen molar-refractivity contribution in [3.63, 3.8) is 0 Å². The number of carbonyl (C=O) groups is 1. The molecule has 226 valence electrons. The molecule has 0 aliphatic carbocycles. The number of hydrogen-bond donors (Lipinski definition) is 1. The second kappa shape index (κ2) is 14.1. The summed E-state index contributed by atoms with van der Waals surface area (Å²) in [6.07, 6.45) is 7.86. The highest BCUT2D eigenvalue weighted by molar-refractivity contribution is 6.33. The number of carbonyl (C=O) groups excluding carboxylic acids is 1. The quantitative estimate of drug-likeness (QED) is 0.190. The fourth-order valence-electron chi connectivity index (χ4n) is 5.89. The van der Waals surface area contributed by atoms with E-state index in [2.05, 4.69) is 64.2 Å². The molecule has 8 heteroatoms. The minimum Gasteiger partial charge on any atom is -0.378 e. The van der Waals surface area contributed by atoms with Crippen molar-refractivity contribution in [2.45, 2.75) is 32.1 Å². The van der Waals surface area contributed by atoms with E-state index < -0.39 is 0 Å². The number of nitrogens with one attached hydrogen (secondary N) is 1. The van der Waals surface area contributed by atoms with Crippen LogP contribution in [0.3, 0.4) is 0 Å². The second-order valence-corrected chi connectivity index (χ2v) is 11.8. The molecule has 2 fully saturated rings. The van der Waals surface area contributed by atoms with Gasteiger partial charge in [0.15, 0.2) is 5.78 Å². The van der Waals surface area contributed by atoms with Crippen molar-refractivity contribution in [3.05, 3.63) is 107 Å². The van der Waals surface area contributed by atoms with Crippen LogP contribution in [0, 0.1) is 0 Å². The maximum atomic E-state index is 12.2. The number of benzene rings is 3. The average Bonchev–Trinajstić information content (AvgIpc) is 3.07. The molecule has 0 bridgehead atoms. The van der Waals surface area contributed by atoms with Crippen molar-refractivity contribution in [2.75, 3.05) is 54.5 Å². The third kappa shape index (κ3) is 7.29. The molecule has 2 aliphatic rings. The van der Waals surface area contributed by atoms with Gasteiger partial charge in [-0.3, -0.25) is 4.79 Å². The Hall–Kier alpha value is -4.20. The Morgan fingerprint density at radius 1 is 0.909 bits per heavy atom. The van der Waals surface area contributed by atoms with Crippen LogP contribution in [0.1, 0.15) is 36.0 Å². The van der Waals surface area contributed by atoms with Crippen molar-refractivity contribution >= 4 is 40.4 Å². The summed E-state index contributed by atoms with van der Waals surface area (Å²) < 4.78 is 5.51. The van der Waals surface area contributed by atoms with Crippen LogP contribution in [0.2, 0.25) is 5.02 Å². The van der Waals surface area contributed by atoms with Gasteiger partial charge >= 0.3 is 0 Å². The summed E-state index contributed by atoms with van der Waals surface area (Å²) in [6, 6.07) is 22.7. The van der Waals surface area contributed by atoms with E-state index in [0.29, 0.717) is 17.4 Å². The number of ketones is 1. The fraction of sp³-hybridized carbons (Fsp3) is 0.306. The van der Waals surface area contributed by atoms with Crippen LogP contribution >= 0.6 is 11.6 Å². The molecule has 0 saturated carbocycles. The van der Waals surface area contributed by atoms with Crippen LogP contribution in [0.5, 0.6) is 0 Å². The molecule has 0 spiro atoms. The number of rotatable bonds is 10. The first-order valence-corrected chi connectivity index (χ1v) is 15.8. The molecule has 2 saturated heterocycles. The maximum absolute atomic E-state index is 12.2. The van der Waals surface area contributed by atoms with Crippen molar-refractivity contribution in [2.24, 2.45) is 0 Å². The summed E-state index contributed by atoms with van der Waals surface area (Å²) in [6.45, 7) is 9.08. The van der Waals surface area contributed by atoms with Gasteiger partial charge in [0.25, 0.3) is 0 Å². The van der Waals surface area contributed by atoms with Gasteiger partial charge in [0, 0.05) is 78.4 Å². The van der Waals surface area contributed by atoms with Crippen molar-refractivity contribution in [1.29, 1.82) is 0 Å². The molecule has 3 heterocycles. The Kier molecular flexibility index (Phi) is 9.54. The van der Waals surface area contributed by atoms with E-state index in [1.54, 1.807) is 0 Å². The van der Waals surface area contributed by atoms with Crippen LogP contribution in [-0.2, 0) is 22.4 Å². The number of aromatic nitrogens is 2. The summed E-state index contributed by atoms with van der Waals surface area (Å²) in [7, 11) is 0. The monoisotopic (exact) mass is 607 g/mol. The van der Waals surface area contributed by atoms with E-state index in [4.69, 9.17) is 26.3 Å². The Bertz CT molecular complexity index is 1610. The zero-order valence-corrected chi connectivity index (χ0v) is 25.7. The molecule has 2 aliphatic heterocycles. The molecule has 4 aromatic rings. The first-order valence-electron chi connectivity index (χ1n) is 15.4. The minimum atomic E-state index is -0.0440. The highest BCUT2D eigenvalue weighted by Gasteiger charge is 2.17. The Morgan fingerprint density at radius 3 is 2.43 bits per heavy atom. The second-order valence-electron chi connectivity index (χ2n) is 11.4. The fourth-order valence-corrected chi connectivity index (χ4v) is 6.10. The number of allylic oxidation sites excluding steroid dienone is 1. The van der Waals surface area contributed by atoms with Crippen molar-refractivity contribution in [1.82, 2.24) is 9.97 Å². The standard InChI is InChI=1S/C36H38ClN5O2/c1-2-32(43)22-27-11-14-34(37)33(23-27)35-28(21-26-9-12-30(13-10-26)42-17-19-44-20-18-42)25-38-36(40-35)39-29-7-6-8-31(24-29)41-15-4-3-5-16-41/h2,6-14,23-25H,1,3-5,15-22H2,(H,38,39,40). The molecule has 1 N–H and O–H groups in total. The third-order valence-electron chi connectivity index (χ3n) is 8.29. The van der Waals surface area contributed by atoms with Crippen LogP contribution in [-0.4, -0.2) is 55.1 Å². The number of ether oxygens (including phenoxy) is 1. The number of nitrogens with zero attached hydrogens (tertiary/aromatic N) is 4. The number of morpholine rings is 1. The predicted octanol–water partition coefficient (Wildman–Crippen LogP) is 7.26. The summed E-state index contributed by atoms with van der Waals surface area (Å²) >= 11 is 6.80. The molecule has 0 radical (unpaired) electrons. The van der Waals surface area contributed by atoms with E-state index >= 15 is 0 Å². The molecule has 6 rings (SSSR count). The Morgan fingerprint density at radius 2 is 1.66 bits per heavy atom. The van der Waals surface area contributed by atoms with Gasteiger partial charge in [-0.1, -0.05) is 42.4 Å². The molecule has 44 heavy (non-hydrogen) atoms. The Labute approximate surface area is 264 Å². The highest BCUT2D eigenvalue weighted by atomic mass is 35.5. The molecule has 7 nitrogen and oxygen atoms in total. The SMILES string of the molecule is C=CC(=O)Cc1ccc(Cl)c(-c2nc(Nc3cccc(N4CCCCC4)c3)ncc2Cc2ccc(N3CCOCC3)cc2)c1. The molecule has 1 aromatic heterocycles. The first-order chi connectivity index (χ1) is 21.6. The number of piperidine rings is 1. The lowest BCUT2D eigenvalue weighted by Gasteiger charge is -2.29. The van der Waals surface area contributed by atoms with E-state index in [0.717, 1.165) is 73.0 Å². The first kappa shape index (κ1) is 29.9. The number of halogens is 1. The van der Waals surface area contributed by atoms with Gasteiger partial charge in [-0.25, -0.2) is 9.97 Å². The lowest BCUT2D eigenvalue weighted by atomic mass is 9.98. The van der Waals surface area contributed by atoms with Crippen LogP contribution in [0.4, 0.5) is 23.0 Å². The molecular formula is C36H38ClN5O2. The van der Waals surface area contributed by atoms with Gasteiger partial charge in [-0.2, -0.15) is 0 Å². The van der Waals surface area contributed by atoms with Gasteiger partial charge < -0.3 is 19.9 Å². The van der Waals surface area contributed by atoms with Crippen molar-refractivity contribution in [3.8, 4) is 11.3 Å². The molecule has 0 atom stereocenters. The average molecular weight is 608 g/mol. The van der Waals surface area contributed by atoms with E-state index in [1.807, 2.05) is 30.5 Å². The zero-order valence-electron chi connectivity index (χ0n) is 25.0. The van der Waals surface area contributed by atoms with Crippen LogP contribution in [0.15, 0.2) is 85.6 Å². The number of hydrogen-bond acceptors (Lipinski definition) is 7. The van der Waals surface area contributed by atoms with Crippen LogP contribution < -0.4 is 15.1 Å². The predicted molar refractivity (Wildman–Crippen MR) is 179 cm³/mol. The van der Waals surface area contributed by atoms with Crippen molar-refractivity contribution < 1.29 is 9.53 Å². The molecular weight excluding hydrogens is 570 g/mol. The van der Waals surface area contributed by atoms with E-state index in [1.165, 1.54) is 36.7 Å². The lowest BCUT2D eigenvalue weighted by Crippen LogP contribution is -2.36. The normalized spacial score (nSPS) is 15.2. The van der Waals surface area contributed by atoms with Gasteiger partial charge in [-0.05, 0) is 78.9 Å². The smallest absolute Gasteiger partial charge is 0.227 e. The lowest BCUT2D eigenvalue weighted by molar-refractivity contribution is -0.114. The maximum Gasteiger partial charge on any atom is 0.227 e. The Balaban J connectivity index is 1.31. The van der Waals surface area contributed by atoms with Crippen LogP contribution in [0.25, 0.3) is 11.3 Å². The molecule has 3 aromatic carbocycles. The van der Waals surface area contributed by atoms with E-state index in [9.17, 15) is 4.79 Å². The highest BCUT2D eigenvalue weighted by Crippen LogP contribution is 2.33. The topological polar surface area (TPSA) is 70.6 Å². The number of anilines is 4. The third-order valence-corrected chi connectivity index (χ3v) is 8.62. The van der Waals surface area contributed by atoms with E-state index in [-0.39, 0.29) is 12.2 Å². The van der Waals surface area contributed by atoms with Gasteiger partial charge in [0.1, 0.15) is 0 Å². The molecule has 0 unspecified atom stereocenters. The summed E-state index contributed by atoms with van der Waals surface area (Å²) in [5.74, 6) is 0.448. The molecule has 0 amide bonds. The summed E-state index contributed by atoms with van der Waals surface area (Å²) in [5, 5.41) is 4.00. The van der Waals surface area contributed by atoms with Gasteiger partial charge in [-0.15, -0.1) is 0 Å².